The van der Waals surface area contributed by atoms with Crippen molar-refractivity contribution in [2.75, 3.05) is 5.32 Å². The quantitative estimate of drug-likeness (QED) is 0.853. The van der Waals surface area contributed by atoms with Gasteiger partial charge in [-0.1, -0.05) is 24.4 Å². The van der Waals surface area contributed by atoms with E-state index in [0.717, 1.165) is 27.3 Å². The van der Waals surface area contributed by atoms with Gasteiger partial charge in [0.1, 0.15) is 4.99 Å². The lowest BCUT2D eigenvalue weighted by Gasteiger charge is -2.09. The van der Waals surface area contributed by atoms with Gasteiger partial charge in [-0.3, -0.25) is 4.79 Å². The van der Waals surface area contributed by atoms with Gasteiger partial charge in [0.15, 0.2) is 0 Å². The summed E-state index contributed by atoms with van der Waals surface area (Å²) >= 11 is 6.46. The summed E-state index contributed by atoms with van der Waals surface area (Å²) in [6, 6.07) is 7.47. The molecule has 0 saturated heterocycles. The maximum absolute atomic E-state index is 12.2. The number of nitrogens with two attached hydrogens (primary N) is 1. The summed E-state index contributed by atoms with van der Waals surface area (Å²) in [6.45, 7) is 5.95. The molecule has 20 heavy (non-hydrogen) atoms. The highest BCUT2D eigenvalue weighted by molar-refractivity contribution is 7.80. The Morgan fingerprint density at radius 2 is 1.90 bits per heavy atom. The zero-order valence-corrected chi connectivity index (χ0v) is 13.2. The molecule has 3 nitrogen and oxygen atoms in total. The first-order valence-corrected chi connectivity index (χ1v) is 7.40. The smallest absolute Gasteiger partial charge is 0.265 e. The molecule has 0 saturated carbocycles. The zero-order chi connectivity index (χ0) is 14.9. The van der Waals surface area contributed by atoms with E-state index in [2.05, 4.69) is 5.32 Å². The summed E-state index contributed by atoms with van der Waals surface area (Å²) in [7, 11) is 0. The Hall–Kier alpha value is -1.72. The van der Waals surface area contributed by atoms with Crippen LogP contribution in [0.15, 0.2) is 24.3 Å². The number of amides is 1. The molecule has 0 bridgehead atoms. The number of benzene rings is 1. The molecule has 1 amide bonds. The highest BCUT2D eigenvalue weighted by Gasteiger charge is 2.12. The topological polar surface area (TPSA) is 55.1 Å². The molecule has 1 aromatic carbocycles. The average Bonchev–Trinajstić information content (AvgIpc) is 2.72. The van der Waals surface area contributed by atoms with Crippen LogP contribution in [0, 0.1) is 20.8 Å². The SMILES string of the molecule is Cc1ccc(C(N)=S)cc1NC(=O)c1cc(C)c(C)s1. The van der Waals surface area contributed by atoms with Crippen LogP contribution in [-0.2, 0) is 0 Å². The second-order valence-corrected chi connectivity index (χ2v) is 6.39. The summed E-state index contributed by atoms with van der Waals surface area (Å²) in [4.78, 5) is 14.4. The maximum atomic E-state index is 12.2. The van der Waals surface area contributed by atoms with Crippen molar-refractivity contribution in [3.63, 3.8) is 0 Å². The normalized spacial score (nSPS) is 10.3. The molecule has 0 aliphatic heterocycles. The van der Waals surface area contributed by atoms with Crippen molar-refractivity contribution in [1.29, 1.82) is 0 Å². The van der Waals surface area contributed by atoms with Crippen LogP contribution in [0.4, 0.5) is 5.69 Å². The Morgan fingerprint density at radius 1 is 1.20 bits per heavy atom. The molecular weight excluding hydrogens is 288 g/mol. The van der Waals surface area contributed by atoms with E-state index in [9.17, 15) is 4.79 Å². The second-order valence-electron chi connectivity index (χ2n) is 4.70. The number of nitrogens with one attached hydrogen (secondary N) is 1. The predicted octanol–water partition coefficient (Wildman–Crippen LogP) is 3.56. The minimum atomic E-state index is -0.102. The van der Waals surface area contributed by atoms with Crippen LogP contribution in [0.2, 0.25) is 0 Å². The molecular formula is C15H16N2OS2. The van der Waals surface area contributed by atoms with Crippen LogP contribution in [0.25, 0.3) is 0 Å². The maximum Gasteiger partial charge on any atom is 0.265 e. The van der Waals surface area contributed by atoms with E-state index in [1.54, 1.807) is 0 Å². The van der Waals surface area contributed by atoms with E-state index in [4.69, 9.17) is 18.0 Å². The van der Waals surface area contributed by atoms with Gasteiger partial charge in [0.2, 0.25) is 0 Å². The molecule has 0 atom stereocenters. The van der Waals surface area contributed by atoms with Crippen molar-refractivity contribution >= 4 is 40.1 Å². The molecule has 3 N–H and O–H groups in total. The van der Waals surface area contributed by atoms with E-state index in [0.29, 0.717) is 9.87 Å². The van der Waals surface area contributed by atoms with Crippen molar-refractivity contribution in [3.05, 3.63) is 50.7 Å². The van der Waals surface area contributed by atoms with Crippen LogP contribution in [0.3, 0.4) is 0 Å². The van der Waals surface area contributed by atoms with Crippen molar-refractivity contribution in [2.24, 2.45) is 5.73 Å². The minimum Gasteiger partial charge on any atom is -0.389 e. The molecule has 0 radical (unpaired) electrons. The molecule has 0 fully saturated rings. The highest BCUT2D eigenvalue weighted by atomic mass is 32.1. The third kappa shape index (κ3) is 3.05. The van der Waals surface area contributed by atoms with Gasteiger partial charge in [-0.15, -0.1) is 11.3 Å². The Morgan fingerprint density at radius 3 is 2.45 bits per heavy atom. The Balaban J connectivity index is 2.27. The van der Waals surface area contributed by atoms with Gasteiger partial charge in [-0.05, 0) is 44.0 Å². The van der Waals surface area contributed by atoms with Gasteiger partial charge in [-0.25, -0.2) is 0 Å². The molecule has 0 aliphatic carbocycles. The number of carbonyl (C=O) groups excluding carboxylic acids is 1. The van der Waals surface area contributed by atoms with E-state index in [1.165, 1.54) is 11.3 Å². The molecule has 1 heterocycles. The van der Waals surface area contributed by atoms with Gasteiger partial charge < -0.3 is 11.1 Å². The van der Waals surface area contributed by atoms with Crippen LogP contribution in [0.1, 0.15) is 31.2 Å². The number of carbonyl (C=O) groups is 1. The summed E-state index contributed by atoms with van der Waals surface area (Å²) < 4.78 is 0. The Labute approximate surface area is 127 Å². The molecule has 2 aromatic rings. The number of hydrogen-bond donors (Lipinski definition) is 2. The van der Waals surface area contributed by atoms with E-state index >= 15 is 0 Å². The van der Waals surface area contributed by atoms with Gasteiger partial charge in [-0.2, -0.15) is 0 Å². The number of hydrogen-bond acceptors (Lipinski definition) is 3. The molecule has 0 spiro atoms. The number of anilines is 1. The molecule has 2 rings (SSSR count). The van der Waals surface area contributed by atoms with Gasteiger partial charge in [0.05, 0.1) is 4.88 Å². The van der Waals surface area contributed by atoms with Crippen molar-refractivity contribution in [3.8, 4) is 0 Å². The third-order valence-electron chi connectivity index (χ3n) is 3.16. The number of aryl methyl sites for hydroxylation is 3. The fourth-order valence-corrected chi connectivity index (χ4v) is 2.84. The van der Waals surface area contributed by atoms with Crippen LogP contribution >= 0.6 is 23.6 Å². The Bertz CT molecular complexity index is 670. The number of thiophene rings is 1. The molecule has 0 unspecified atom stereocenters. The minimum absolute atomic E-state index is 0.102. The molecule has 1 aromatic heterocycles. The van der Waals surface area contributed by atoms with E-state index < -0.39 is 0 Å². The first-order chi connectivity index (χ1) is 9.38. The molecule has 104 valence electrons. The van der Waals surface area contributed by atoms with Crippen molar-refractivity contribution in [2.45, 2.75) is 20.8 Å². The predicted molar refractivity (Wildman–Crippen MR) is 88.8 cm³/mol. The van der Waals surface area contributed by atoms with Gasteiger partial charge in [0.25, 0.3) is 5.91 Å². The Kier molecular flexibility index (Phi) is 4.20. The average molecular weight is 304 g/mol. The number of rotatable bonds is 3. The lowest BCUT2D eigenvalue weighted by molar-refractivity contribution is 0.103. The summed E-state index contributed by atoms with van der Waals surface area (Å²) in [5, 5.41) is 2.92. The van der Waals surface area contributed by atoms with Crippen molar-refractivity contribution < 1.29 is 4.79 Å². The lowest BCUT2D eigenvalue weighted by Crippen LogP contribution is -2.14. The second kappa shape index (κ2) is 5.73. The van der Waals surface area contributed by atoms with Crippen molar-refractivity contribution in [1.82, 2.24) is 0 Å². The van der Waals surface area contributed by atoms with Crippen LogP contribution in [-0.4, -0.2) is 10.9 Å². The first-order valence-electron chi connectivity index (χ1n) is 6.17. The first kappa shape index (κ1) is 14.7. The molecule has 0 aliphatic rings. The zero-order valence-electron chi connectivity index (χ0n) is 11.6. The largest absolute Gasteiger partial charge is 0.389 e. The van der Waals surface area contributed by atoms with Crippen LogP contribution < -0.4 is 11.1 Å². The lowest BCUT2D eigenvalue weighted by atomic mass is 10.1. The summed E-state index contributed by atoms with van der Waals surface area (Å²) in [5.74, 6) is -0.102. The highest BCUT2D eigenvalue weighted by Crippen LogP contribution is 2.23. The summed E-state index contributed by atoms with van der Waals surface area (Å²) in [5.41, 5.74) is 9.22. The van der Waals surface area contributed by atoms with Gasteiger partial charge >= 0.3 is 0 Å². The fourth-order valence-electron chi connectivity index (χ4n) is 1.78. The fraction of sp³-hybridized carbons (Fsp3) is 0.200. The number of thiocarbonyl (C=S) groups is 1. The van der Waals surface area contributed by atoms with Crippen LogP contribution in [0.5, 0.6) is 0 Å². The van der Waals surface area contributed by atoms with E-state index in [-0.39, 0.29) is 5.91 Å². The summed E-state index contributed by atoms with van der Waals surface area (Å²) in [6.07, 6.45) is 0. The molecule has 5 heteroatoms. The monoisotopic (exact) mass is 304 g/mol. The van der Waals surface area contributed by atoms with Gasteiger partial charge in [0, 0.05) is 16.1 Å². The third-order valence-corrected chi connectivity index (χ3v) is 4.55. The van der Waals surface area contributed by atoms with E-state index in [1.807, 2.05) is 45.0 Å². The standard InChI is InChI=1S/C15H16N2OS2/c1-8-4-5-11(14(16)19)7-12(8)17-15(18)13-6-9(2)10(3)20-13/h4-7H,1-3H3,(H2,16,19)(H,17,18).